The molecule has 10 heteroatoms. The van der Waals surface area contributed by atoms with Gasteiger partial charge in [0.1, 0.15) is 4.90 Å². The van der Waals surface area contributed by atoms with Gasteiger partial charge in [-0.3, -0.25) is 8.57 Å². The van der Waals surface area contributed by atoms with E-state index >= 15 is 0 Å². The van der Waals surface area contributed by atoms with Crippen molar-refractivity contribution >= 4 is 37.8 Å². The van der Waals surface area contributed by atoms with Crippen LogP contribution in [0, 0.1) is 0 Å². The summed E-state index contributed by atoms with van der Waals surface area (Å²) < 4.78 is 46.4. The summed E-state index contributed by atoms with van der Waals surface area (Å²) in [5, 5.41) is 7.70. The number of thioether (sulfide) groups is 1. The third-order valence-electron chi connectivity index (χ3n) is 2.37. The highest BCUT2D eigenvalue weighted by Gasteiger charge is 2.23. The van der Waals surface area contributed by atoms with Crippen LogP contribution >= 0.6 is 27.7 Å². The summed E-state index contributed by atoms with van der Waals surface area (Å²) >= 11 is 4.30. The average Bonchev–Trinajstić information content (AvgIpc) is 2.93. The van der Waals surface area contributed by atoms with Crippen LogP contribution in [0.3, 0.4) is 0 Å². The Morgan fingerprint density at radius 3 is 2.86 bits per heavy atom. The van der Waals surface area contributed by atoms with Gasteiger partial charge in [-0.05, 0) is 18.2 Å². The predicted octanol–water partition coefficient (Wildman–Crippen LogP) is 2.90. The fraction of sp³-hybridized carbons (Fsp3) is 0.273. The van der Waals surface area contributed by atoms with E-state index in [0.717, 1.165) is 18.9 Å². The summed E-state index contributed by atoms with van der Waals surface area (Å²) in [6.07, 6.45) is 0. The molecular formula is C11H10BrFN2O4S2. The zero-order valence-corrected chi connectivity index (χ0v) is 14.0. The van der Waals surface area contributed by atoms with Gasteiger partial charge in [-0.1, -0.05) is 27.7 Å². The number of hydrogen-bond donors (Lipinski definition) is 0. The van der Waals surface area contributed by atoms with E-state index in [1.165, 1.54) is 12.1 Å². The third kappa shape index (κ3) is 3.82. The van der Waals surface area contributed by atoms with Crippen LogP contribution in [0.15, 0.2) is 37.2 Å². The van der Waals surface area contributed by atoms with Gasteiger partial charge >= 0.3 is 0 Å². The highest BCUT2D eigenvalue weighted by atomic mass is 79.9. The zero-order chi connectivity index (χ0) is 15.5. The molecule has 2 aromatic rings. The lowest BCUT2D eigenvalue weighted by Gasteiger charge is -2.06. The van der Waals surface area contributed by atoms with Gasteiger partial charge < -0.3 is 4.42 Å². The van der Waals surface area contributed by atoms with E-state index in [1.807, 2.05) is 0 Å². The molecule has 1 aromatic carbocycles. The zero-order valence-electron chi connectivity index (χ0n) is 10.7. The van der Waals surface area contributed by atoms with Gasteiger partial charge in [0, 0.05) is 10.2 Å². The smallest absolute Gasteiger partial charge is 0.297 e. The summed E-state index contributed by atoms with van der Waals surface area (Å²) in [4.78, 5) is -0.0844. The first-order chi connectivity index (χ1) is 9.97. The fourth-order valence-electron chi connectivity index (χ4n) is 1.48. The fourth-order valence-corrected chi connectivity index (χ4v) is 3.16. The summed E-state index contributed by atoms with van der Waals surface area (Å²) in [6.45, 7) is -0.525. The molecule has 0 fully saturated rings. The Morgan fingerprint density at radius 1 is 1.43 bits per heavy atom. The van der Waals surface area contributed by atoms with E-state index in [2.05, 4.69) is 30.3 Å². The van der Waals surface area contributed by atoms with Crippen LogP contribution in [0.4, 0.5) is 4.39 Å². The SMILES string of the molecule is COS(=O)(=O)c1ccc(Br)cc1-c1nnc(SCCF)o1. The average molecular weight is 397 g/mol. The molecule has 21 heavy (non-hydrogen) atoms. The van der Waals surface area contributed by atoms with Gasteiger partial charge in [-0.2, -0.15) is 8.42 Å². The first-order valence-electron chi connectivity index (χ1n) is 5.60. The monoisotopic (exact) mass is 396 g/mol. The van der Waals surface area contributed by atoms with Gasteiger partial charge in [-0.15, -0.1) is 10.2 Å². The molecule has 1 heterocycles. The third-order valence-corrected chi connectivity index (χ3v) is 4.97. The lowest BCUT2D eigenvalue weighted by molar-refractivity contribution is 0.397. The molecule has 114 valence electrons. The number of nitrogens with zero attached hydrogens (tertiary/aromatic N) is 2. The van der Waals surface area contributed by atoms with Gasteiger partial charge in [-0.25, -0.2) is 0 Å². The van der Waals surface area contributed by atoms with Crippen LogP contribution in [-0.2, 0) is 14.3 Å². The van der Waals surface area contributed by atoms with E-state index < -0.39 is 16.8 Å². The van der Waals surface area contributed by atoms with Gasteiger partial charge in [0.15, 0.2) is 0 Å². The largest absolute Gasteiger partial charge is 0.411 e. The molecule has 6 nitrogen and oxygen atoms in total. The molecule has 0 radical (unpaired) electrons. The maximum atomic E-state index is 12.1. The lowest BCUT2D eigenvalue weighted by atomic mass is 10.2. The first-order valence-corrected chi connectivity index (χ1v) is 8.79. The van der Waals surface area contributed by atoms with E-state index in [1.54, 1.807) is 6.07 Å². The topological polar surface area (TPSA) is 82.3 Å². The van der Waals surface area contributed by atoms with Crippen LogP contribution in [0.2, 0.25) is 0 Å². The van der Waals surface area contributed by atoms with Crippen LogP contribution in [-0.4, -0.2) is 38.2 Å². The molecule has 0 N–H and O–H groups in total. The van der Waals surface area contributed by atoms with Crippen LogP contribution < -0.4 is 0 Å². The molecule has 0 atom stereocenters. The Morgan fingerprint density at radius 2 is 2.19 bits per heavy atom. The van der Waals surface area contributed by atoms with Crippen molar-refractivity contribution in [3.05, 3.63) is 22.7 Å². The summed E-state index contributed by atoms with van der Waals surface area (Å²) in [7, 11) is -2.85. The lowest BCUT2D eigenvalue weighted by Crippen LogP contribution is -2.05. The van der Waals surface area contributed by atoms with Crippen molar-refractivity contribution in [2.24, 2.45) is 0 Å². The maximum Gasteiger partial charge on any atom is 0.297 e. The molecule has 0 unspecified atom stereocenters. The second-order valence-corrected chi connectivity index (χ2v) is 7.32. The van der Waals surface area contributed by atoms with Crippen LogP contribution in [0.5, 0.6) is 0 Å². The summed E-state index contributed by atoms with van der Waals surface area (Å²) in [5.74, 6) is 0.205. The molecular weight excluding hydrogens is 387 g/mol. The highest BCUT2D eigenvalue weighted by Crippen LogP contribution is 2.31. The molecule has 0 saturated carbocycles. The molecule has 0 bridgehead atoms. The Labute approximate surface area is 133 Å². The number of halogens is 2. The molecule has 0 amide bonds. The highest BCUT2D eigenvalue weighted by molar-refractivity contribution is 9.10. The van der Waals surface area contributed by atoms with Crippen molar-refractivity contribution in [3.63, 3.8) is 0 Å². The van der Waals surface area contributed by atoms with E-state index in [-0.39, 0.29) is 27.3 Å². The number of hydrogen-bond acceptors (Lipinski definition) is 7. The summed E-state index contributed by atoms with van der Waals surface area (Å²) in [5.41, 5.74) is 0.214. The van der Waals surface area contributed by atoms with Crippen molar-refractivity contribution in [1.82, 2.24) is 10.2 Å². The number of alkyl halides is 1. The van der Waals surface area contributed by atoms with Gasteiger partial charge in [0.2, 0.25) is 5.89 Å². The standard InChI is InChI=1S/C11H10BrFN2O4S2/c1-18-21(16,17)9-3-2-7(12)6-8(9)10-14-15-11(19-10)20-5-4-13/h2-3,6H,4-5H2,1H3. The van der Waals surface area contributed by atoms with E-state index in [9.17, 15) is 12.8 Å². The number of aromatic nitrogens is 2. The first kappa shape index (κ1) is 16.4. The molecule has 1 aromatic heterocycles. The minimum Gasteiger partial charge on any atom is -0.411 e. The van der Waals surface area contributed by atoms with Gasteiger partial charge in [0.05, 0.1) is 19.3 Å². The number of rotatable bonds is 6. The Bertz CT molecular complexity index is 736. The Balaban J connectivity index is 2.47. The summed E-state index contributed by atoms with van der Waals surface area (Å²) in [6, 6.07) is 4.46. The minimum atomic E-state index is -3.92. The van der Waals surface area contributed by atoms with Crippen LogP contribution in [0.1, 0.15) is 0 Å². The van der Waals surface area contributed by atoms with Crippen molar-refractivity contribution in [3.8, 4) is 11.5 Å². The van der Waals surface area contributed by atoms with Gasteiger partial charge in [0.25, 0.3) is 15.3 Å². The molecule has 0 aliphatic heterocycles. The Kier molecular flexibility index (Phi) is 5.36. The van der Waals surface area contributed by atoms with Crippen molar-refractivity contribution < 1.29 is 21.4 Å². The molecule has 0 spiro atoms. The van der Waals surface area contributed by atoms with Crippen molar-refractivity contribution in [2.45, 2.75) is 10.1 Å². The molecule has 2 rings (SSSR count). The molecule has 0 saturated heterocycles. The van der Waals surface area contributed by atoms with E-state index in [4.69, 9.17) is 4.42 Å². The second kappa shape index (κ2) is 6.86. The van der Waals surface area contributed by atoms with E-state index in [0.29, 0.717) is 4.47 Å². The predicted molar refractivity (Wildman–Crippen MR) is 78.3 cm³/mol. The Hall–Kier alpha value is -0.970. The van der Waals surface area contributed by atoms with Crippen molar-refractivity contribution in [2.75, 3.05) is 19.5 Å². The normalized spacial score (nSPS) is 11.8. The maximum absolute atomic E-state index is 12.1. The quantitative estimate of drug-likeness (QED) is 0.548. The van der Waals surface area contributed by atoms with Crippen molar-refractivity contribution in [1.29, 1.82) is 0 Å². The van der Waals surface area contributed by atoms with Crippen LogP contribution in [0.25, 0.3) is 11.5 Å². The molecule has 0 aliphatic carbocycles. The minimum absolute atomic E-state index is 0.0216. The molecule has 0 aliphatic rings. The second-order valence-electron chi connectivity index (χ2n) is 3.67. The number of benzene rings is 1.